The van der Waals surface area contributed by atoms with E-state index in [9.17, 15) is 5.11 Å². The molecule has 0 amide bonds. The molecule has 1 aromatic carbocycles. The van der Waals surface area contributed by atoms with E-state index < -0.39 is 0 Å². The first kappa shape index (κ1) is 10.1. The topological polar surface area (TPSA) is 46.2 Å². The molecule has 0 heterocycles. The molecule has 1 aromatic rings. The van der Waals surface area contributed by atoms with Gasteiger partial charge < -0.3 is 10.8 Å². The molecule has 2 nitrogen and oxygen atoms in total. The minimum Gasteiger partial charge on any atom is -0.508 e. The Balaban J connectivity index is 3.12. The Morgan fingerprint density at radius 2 is 1.77 bits per heavy atom. The average molecular weight is 179 g/mol. The van der Waals surface area contributed by atoms with Crippen LogP contribution in [0.3, 0.4) is 0 Å². The second-order valence-electron chi connectivity index (χ2n) is 3.38. The predicted molar refractivity (Wildman–Crippen MR) is 54.6 cm³/mol. The molecular formula is C11H17NO. The van der Waals surface area contributed by atoms with Crippen LogP contribution in [-0.2, 0) is 5.54 Å². The summed E-state index contributed by atoms with van der Waals surface area (Å²) >= 11 is 0. The van der Waals surface area contributed by atoms with Gasteiger partial charge in [0.15, 0.2) is 0 Å². The number of benzene rings is 1. The van der Waals surface area contributed by atoms with Crippen LogP contribution >= 0.6 is 0 Å². The number of rotatable bonds is 3. The van der Waals surface area contributed by atoms with Crippen LogP contribution in [0.1, 0.15) is 32.3 Å². The van der Waals surface area contributed by atoms with E-state index >= 15 is 0 Å². The van der Waals surface area contributed by atoms with Gasteiger partial charge in [0.1, 0.15) is 5.75 Å². The highest BCUT2D eigenvalue weighted by Crippen LogP contribution is 2.31. The number of nitrogens with two attached hydrogens (primary N) is 1. The van der Waals surface area contributed by atoms with Crippen molar-refractivity contribution in [1.82, 2.24) is 0 Å². The molecule has 13 heavy (non-hydrogen) atoms. The molecule has 0 aliphatic heterocycles. The third kappa shape index (κ3) is 1.83. The quantitative estimate of drug-likeness (QED) is 0.748. The first-order valence-electron chi connectivity index (χ1n) is 4.71. The van der Waals surface area contributed by atoms with Gasteiger partial charge in [-0.15, -0.1) is 0 Å². The van der Waals surface area contributed by atoms with Crippen molar-refractivity contribution >= 4 is 0 Å². The van der Waals surface area contributed by atoms with Gasteiger partial charge in [0.25, 0.3) is 0 Å². The molecule has 0 saturated carbocycles. The van der Waals surface area contributed by atoms with Crippen molar-refractivity contribution in [3.63, 3.8) is 0 Å². The van der Waals surface area contributed by atoms with Gasteiger partial charge in [-0.3, -0.25) is 0 Å². The molecule has 0 aliphatic carbocycles. The number of para-hydroxylation sites is 1. The van der Waals surface area contributed by atoms with Crippen LogP contribution < -0.4 is 5.73 Å². The lowest BCUT2D eigenvalue weighted by Gasteiger charge is -2.27. The molecule has 0 spiro atoms. The Bertz CT molecular complexity index is 279. The molecular weight excluding hydrogens is 162 g/mol. The Morgan fingerprint density at radius 3 is 2.23 bits per heavy atom. The smallest absolute Gasteiger partial charge is 0.120 e. The first-order valence-corrected chi connectivity index (χ1v) is 4.71. The third-order valence-electron chi connectivity index (χ3n) is 2.70. The van der Waals surface area contributed by atoms with Crippen LogP contribution in [0.4, 0.5) is 0 Å². The molecule has 0 bridgehead atoms. The van der Waals surface area contributed by atoms with E-state index in [1.54, 1.807) is 6.07 Å². The van der Waals surface area contributed by atoms with Crippen LogP contribution in [0.25, 0.3) is 0 Å². The van der Waals surface area contributed by atoms with Gasteiger partial charge in [-0.05, 0) is 18.9 Å². The highest BCUT2D eigenvalue weighted by atomic mass is 16.3. The van der Waals surface area contributed by atoms with E-state index in [2.05, 4.69) is 0 Å². The molecule has 2 heteroatoms. The van der Waals surface area contributed by atoms with E-state index in [0.29, 0.717) is 5.75 Å². The standard InChI is InChI=1S/C11H17NO/c1-3-11(12,4-2)9-7-5-6-8-10(9)13/h5-8,13H,3-4,12H2,1-2H3. The fourth-order valence-corrected chi connectivity index (χ4v) is 1.53. The maximum atomic E-state index is 9.63. The second-order valence-corrected chi connectivity index (χ2v) is 3.38. The zero-order chi connectivity index (χ0) is 9.90. The van der Waals surface area contributed by atoms with Crippen molar-refractivity contribution < 1.29 is 5.11 Å². The van der Waals surface area contributed by atoms with Crippen molar-refractivity contribution in [2.45, 2.75) is 32.2 Å². The average Bonchev–Trinajstić information content (AvgIpc) is 2.17. The summed E-state index contributed by atoms with van der Waals surface area (Å²) in [4.78, 5) is 0. The monoisotopic (exact) mass is 179 g/mol. The van der Waals surface area contributed by atoms with E-state index in [4.69, 9.17) is 5.73 Å². The predicted octanol–water partition coefficient (Wildman–Crippen LogP) is 2.37. The summed E-state index contributed by atoms with van der Waals surface area (Å²) in [6.07, 6.45) is 1.67. The highest BCUT2D eigenvalue weighted by Gasteiger charge is 2.25. The zero-order valence-electron chi connectivity index (χ0n) is 8.25. The third-order valence-corrected chi connectivity index (χ3v) is 2.70. The van der Waals surface area contributed by atoms with Gasteiger partial charge in [0.05, 0.1) is 0 Å². The molecule has 1 rings (SSSR count). The summed E-state index contributed by atoms with van der Waals surface area (Å²) in [5.74, 6) is 0.300. The molecule has 0 atom stereocenters. The summed E-state index contributed by atoms with van der Waals surface area (Å²) in [6.45, 7) is 4.08. The molecule has 0 radical (unpaired) electrons. The lowest BCUT2D eigenvalue weighted by molar-refractivity contribution is 0.381. The van der Waals surface area contributed by atoms with Crippen LogP contribution in [0, 0.1) is 0 Å². The van der Waals surface area contributed by atoms with E-state index in [0.717, 1.165) is 18.4 Å². The number of phenolic OH excluding ortho intramolecular Hbond substituents is 1. The zero-order valence-corrected chi connectivity index (χ0v) is 8.25. The Hall–Kier alpha value is -1.02. The minimum absolute atomic E-state index is 0.300. The van der Waals surface area contributed by atoms with Gasteiger partial charge in [-0.1, -0.05) is 32.0 Å². The molecule has 0 fully saturated rings. The van der Waals surface area contributed by atoms with Crippen LogP contribution in [0.15, 0.2) is 24.3 Å². The molecule has 3 N–H and O–H groups in total. The SMILES string of the molecule is CCC(N)(CC)c1ccccc1O. The van der Waals surface area contributed by atoms with Gasteiger partial charge in [0.2, 0.25) is 0 Å². The summed E-state index contributed by atoms with van der Waals surface area (Å²) < 4.78 is 0. The molecule has 0 aromatic heterocycles. The number of phenols is 1. The largest absolute Gasteiger partial charge is 0.508 e. The van der Waals surface area contributed by atoms with Gasteiger partial charge in [-0.25, -0.2) is 0 Å². The fraction of sp³-hybridized carbons (Fsp3) is 0.455. The van der Waals surface area contributed by atoms with E-state index in [1.165, 1.54) is 0 Å². The number of hydrogen-bond donors (Lipinski definition) is 2. The lowest BCUT2D eigenvalue weighted by atomic mass is 9.85. The van der Waals surface area contributed by atoms with Crippen LogP contribution in [0.2, 0.25) is 0 Å². The van der Waals surface area contributed by atoms with E-state index in [-0.39, 0.29) is 5.54 Å². The van der Waals surface area contributed by atoms with Gasteiger partial charge >= 0.3 is 0 Å². The Morgan fingerprint density at radius 1 is 1.23 bits per heavy atom. The summed E-state index contributed by atoms with van der Waals surface area (Å²) in [7, 11) is 0. The molecule has 0 unspecified atom stereocenters. The molecule has 0 aliphatic rings. The first-order chi connectivity index (χ1) is 6.14. The van der Waals surface area contributed by atoms with Gasteiger partial charge in [-0.2, -0.15) is 0 Å². The lowest BCUT2D eigenvalue weighted by Crippen LogP contribution is -2.35. The Kier molecular flexibility index (Phi) is 2.94. The maximum absolute atomic E-state index is 9.63. The maximum Gasteiger partial charge on any atom is 0.120 e. The number of aromatic hydroxyl groups is 1. The van der Waals surface area contributed by atoms with Crippen molar-refractivity contribution in [3.8, 4) is 5.75 Å². The summed E-state index contributed by atoms with van der Waals surface area (Å²) in [5.41, 5.74) is 6.62. The summed E-state index contributed by atoms with van der Waals surface area (Å²) in [5, 5.41) is 9.63. The normalized spacial score (nSPS) is 11.6. The van der Waals surface area contributed by atoms with Crippen molar-refractivity contribution in [3.05, 3.63) is 29.8 Å². The van der Waals surface area contributed by atoms with Crippen molar-refractivity contribution in [2.24, 2.45) is 5.73 Å². The fourth-order valence-electron chi connectivity index (χ4n) is 1.53. The van der Waals surface area contributed by atoms with Crippen molar-refractivity contribution in [1.29, 1.82) is 0 Å². The van der Waals surface area contributed by atoms with Gasteiger partial charge in [0, 0.05) is 11.1 Å². The summed E-state index contributed by atoms with van der Waals surface area (Å²) in [6, 6.07) is 7.29. The number of hydrogen-bond acceptors (Lipinski definition) is 2. The minimum atomic E-state index is -0.384. The van der Waals surface area contributed by atoms with Crippen molar-refractivity contribution in [2.75, 3.05) is 0 Å². The van der Waals surface area contributed by atoms with Crippen LogP contribution in [0.5, 0.6) is 5.75 Å². The van der Waals surface area contributed by atoms with E-state index in [1.807, 2.05) is 32.0 Å². The molecule has 0 saturated heterocycles. The second kappa shape index (κ2) is 3.79. The van der Waals surface area contributed by atoms with Crippen LogP contribution in [-0.4, -0.2) is 5.11 Å². The molecule has 72 valence electrons. The highest BCUT2D eigenvalue weighted by molar-refractivity contribution is 5.37. The Labute approximate surface area is 79.4 Å².